The Morgan fingerprint density at radius 1 is 1.32 bits per heavy atom. The molecule has 5 nitrogen and oxygen atoms in total. The smallest absolute Gasteiger partial charge is 0.140 e. The average Bonchev–Trinajstić information content (AvgIpc) is 2.44. The van der Waals surface area contributed by atoms with Gasteiger partial charge in [-0.3, -0.25) is 0 Å². The highest BCUT2D eigenvalue weighted by atomic mass is 16.5. The summed E-state index contributed by atoms with van der Waals surface area (Å²) in [5.74, 6) is 0.750. The zero-order chi connectivity index (χ0) is 13.5. The van der Waals surface area contributed by atoms with Gasteiger partial charge in [-0.2, -0.15) is 5.26 Å². The van der Waals surface area contributed by atoms with Crippen molar-refractivity contribution in [3.63, 3.8) is 0 Å². The third-order valence-electron chi connectivity index (χ3n) is 2.44. The van der Waals surface area contributed by atoms with E-state index in [1.165, 1.54) is 0 Å². The molecule has 0 aliphatic heterocycles. The topological polar surface area (TPSA) is 84.0 Å². The van der Waals surface area contributed by atoms with Crippen molar-refractivity contribution in [1.82, 2.24) is 4.98 Å². The predicted molar refractivity (Wildman–Crippen MR) is 73.8 cm³/mol. The van der Waals surface area contributed by atoms with Crippen LogP contribution in [0.4, 0.5) is 11.4 Å². The summed E-state index contributed by atoms with van der Waals surface area (Å²) in [5.41, 5.74) is 7.59. The van der Waals surface area contributed by atoms with Crippen molar-refractivity contribution in [3.05, 3.63) is 48.3 Å². The first-order chi connectivity index (χ1) is 9.28. The lowest BCUT2D eigenvalue weighted by Crippen LogP contribution is -2.11. The Morgan fingerprint density at radius 3 is 2.89 bits per heavy atom. The second kappa shape index (κ2) is 6.26. The molecule has 0 fully saturated rings. The Morgan fingerprint density at radius 2 is 2.21 bits per heavy atom. The van der Waals surface area contributed by atoms with Crippen LogP contribution in [0.5, 0.6) is 5.75 Å². The quantitative estimate of drug-likeness (QED) is 0.630. The lowest BCUT2D eigenvalue weighted by atomic mass is 10.3. The van der Waals surface area contributed by atoms with E-state index in [4.69, 9.17) is 15.7 Å². The number of aromatic nitrogens is 1. The highest BCUT2D eigenvalue weighted by Gasteiger charge is 1.96. The second-order valence-electron chi connectivity index (χ2n) is 3.89. The lowest BCUT2D eigenvalue weighted by Gasteiger charge is -2.08. The van der Waals surface area contributed by atoms with Gasteiger partial charge in [0.05, 0.1) is 11.9 Å². The van der Waals surface area contributed by atoms with Gasteiger partial charge in [0.2, 0.25) is 0 Å². The molecule has 0 aliphatic rings. The number of benzene rings is 1. The molecule has 0 saturated carbocycles. The van der Waals surface area contributed by atoms with Gasteiger partial charge < -0.3 is 15.8 Å². The molecular weight excluding hydrogens is 240 g/mol. The number of hydrogen-bond donors (Lipinski definition) is 2. The monoisotopic (exact) mass is 254 g/mol. The third-order valence-corrected chi connectivity index (χ3v) is 2.44. The first kappa shape index (κ1) is 12.7. The standard InChI is InChI=1S/C14H14N4O/c15-9-12-4-5-13(10-18-12)17-6-7-19-14-3-1-2-11(16)8-14/h1-5,8,10,17H,6-7,16H2. The normalized spacial score (nSPS) is 9.63. The van der Waals surface area contributed by atoms with Gasteiger partial charge in [-0.1, -0.05) is 6.07 Å². The van der Waals surface area contributed by atoms with Gasteiger partial charge in [-0.15, -0.1) is 0 Å². The molecule has 1 aromatic carbocycles. The van der Waals surface area contributed by atoms with Crippen molar-refractivity contribution >= 4 is 11.4 Å². The van der Waals surface area contributed by atoms with E-state index in [0.29, 0.717) is 24.5 Å². The van der Waals surface area contributed by atoms with E-state index in [0.717, 1.165) is 11.4 Å². The summed E-state index contributed by atoms with van der Waals surface area (Å²) in [5, 5.41) is 11.8. The van der Waals surface area contributed by atoms with Gasteiger partial charge >= 0.3 is 0 Å². The minimum atomic E-state index is 0.404. The fourth-order valence-electron chi connectivity index (χ4n) is 1.53. The molecule has 0 bridgehead atoms. The maximum Gasteiger partial charge on any atom is 0.140 e. The summed E-state index contributed by atoms with van der Waals surface area (Å²) in [6.45, 7) is 1.16. The Balaban J connectivity index is 1.76. The molecule has 0 spiro atoms. The number of nitriles is 1. The molecule has 19 heavy (non-hydrogen) atoms. The van der Waals surface area contributed by atoms with Crippen molar-refractivity contribution in [3.8, 4) is 11.8 Å². The van der Waals surface area contributed by atoms with Crippen LogP contribution in [-0.2, 0) is 0 Å². The summed E-state index contributed by atoms with van der Waals surface area (Å²) >= 11 is 0. The minimum Gasteiger partial charge on any atom is -0.492 e. The van der Waals surface area contributed by atoms with Crippen LogP contribution in [0.2, 0.25) is 0 Å². The Kier molecular flexibility index (Phi) is 4.19. The van der Waals surface area contributed by atoms with Gasteiger partial charge in [-0.05, 0) is 24.3 Å². The number of rotatable bonds is 5. The molecular formula is C14H14N4O. The SMILES string of the molecule is N#Cc1ccc(NCCOc2cccc(N)c2)cn1. The van der Waals surface area contributed by atoms with E-state index in [9.17, 15) is 0 Å². The van der Waals surface area contributed by atoms with Crippen molar-refractivity contribution in [1.29, 1.82) is 5.26 Å². The average molecular weight is 254 g/mol. The van der Waals surface area contributed by atoms with Gasteiger partial charge in [0, 0.05) is 18.3 Å². The molecule has 0 unspecified atom stereocenters. The minimum absolute atomic E-state index is 0.404. The summed E-state index contributed by atoms with van der Waals surface area (Å²) in [4.78, 5) is 3.96. The molecule has 1 aromatic heterocycles. The van der Waals surface area contributed by atoms with Crippen LogP contribution in [0.3, 0.4) is 0 Å². The molecule has 0 aliphatic carbocycles. The lowest BCUT2D eigenvalue weighted by molar-refractivity contribution is 0.333. The van der Waals surface area contributed by atoms with Crippen molar-refractivity contribution in [2.75, 3.05) is 24.2 Å². The molecule has 2 rings (SSSR count). The molecule has 1 heterocycles. The van der Waals surface area contributed by atoms with Crippen LogP contribution >= 0.6 is 0 Å². The molecule has 3 N–H and O–H groups in total. The first-order valence-electron chi connectivity index (χ1n) is 5.86. The van der Waals surface area contributed by atoms with E-state index in [1.54, 1.807) is 18.3 Å². The number of nitrogens with one attached hydrogen (secondary N) is 1. The van der Waals surface area contributed by atoms with Crippen molar-refractivity contribution in [2.24, 2.45) is 0 Å². The second-order valence-corrected chi connectivity index (χ2v) is 3.89. The van der Waals surface area contributed by atoms with Gasteiger partial charge in [0.15, 0.2) is 0 Å². The van der Waals surface area contributed by atoms with Gasteiger partial charge in [0.25, 0.3) is 0 Å². The fraction of sp³-hybridized carbons (Fsp3) is 0.143. The molecule has 0 amide bonds. The van der Waals surface area contributed by atoms with E-state index in [1.807, 2.05) is 30.3 Å². The van der Waals surface area contributed by atoms with Gasteiger partial charge in [0.1, 0.15) is 24.1 Å². The highest BCUT2D eigenvalue weighted by molar-refractivity contribution is 5.44. The summed E-state index contributed by atoms with van der Waals surface area (Å²) < 4.78 is 5.54. The Hall–Kier alpha value is -2.74. The van der Waals surface area contributed by atoms with Crippen LogP contribution in [0.25, 0.3) is 0 Å². The van der Waals surface area contributed by atoms with Crippen LogP contribution in [-0.4, -0.2) is 18.1 Å². The zero-order valence-corrected chi connectivity index (χ0v) is 10.3. The van der Waals surface area contributed by atoms with Gasteiger partial charge in [-0.25, -0.2) is 4.98 Å². The van der Waals surface area contributed by atoms with Crippen molar-refractivity contribution in [2.45, 2.75) is 0 Å². The summed E-state index contributed by atoms with van der Waals surface area (Å²) in [6, 6.07) is 12.8. The maximum atomic E-state index is 8.63. The molecule has 0 radical (unpaired) electrons. The van der Waals surface area contributed by atoms with E-state index < -0.39 is 0 Å². The number of nitrogen functional groups attached to an aromatic ring is 1. The van der Waals surface area contributed by atoms with Crippen LogP contribution in [0.1, 0.15) is 5.69 Å². The number of pyridine rings is 1. The molecule has 2 aromatic rings. The van der Waals surface area contributed by atoms with E-state index in [-0.39, 0.29) is 0 Å². The zero-order valence-electron chi connectivity index (χ0n) is 10.3. The number of nitrogens with zero attached hydrogens (tertiary/aromatic N) is 2. The molecule has 5 heteroatoms. The number of nitrogens with two attached hydrogens (primary N) is 1. The highest BCUT2D eigenvalue weighted by Crippen LogP contribution is 2.14. The molecule has 0 atom stereocenters. The largest absolute Gasteiger partial charge is 0.492 e. The Labute approximate surface area is 111 Å². The Bertz CT molecular complexity index is 575. The van der Waals surface area contributed by atoms with Crippen LogP contribution in [0.15, 0.2) is 42.6 Å². The van der Waals surface area contributed by atoms with E-state index in [2.05, 4.69) is 10.3 Å². The summed E-state index contributed by atoms with van der Waals surface area (Å²) in [6.07, 6.45) is 1.62. The predicted octanol–water partition coefficient (Wildman–Crippen LogP) is 2.03. The molecule has 0 saturated heterocycles. The van der Waals surface area contributed by atoms with Crippen LogP contribution < -0.4 is 15.8 Å². The summed E-state index contributed by atoms with van der Waals surface area (Å²) in [7, 11) is 0. The van der Waals surface area contributed by atoms with Crippen LogP contribution in [0, 0.1) is 11.3 Å². The third kappa shape index (κ3) is 3.89. The molecule has 96 valence electrons. The van der Waals surface area contributed by atoms with E-state index >= 15 is 0 Å². The fourth-order valence-corrected chi connectivity index (χ4v) is 1.53. The first-order valence-corrected chi connectivity index (χ1v) is 5.86. The number of ether oxygens (including phenoxy) is 1. The maximum absolute atomic E-state index is 8.63. The number of hydrogen-bond acceptors (Lipinski definition) is 5. The number of anilines is 2. The van der Waals surface area contributed by atoms with Crippen molar-refractivity contribution < 1.29 is 4.74 Å².